The molecule has 0 unspecified atom stereocenters. The predicted molar refractivity (Wildman–Crippen MR) is 66.6 cm³/mol. The van der Waals surface area contributed by atoms with E-state index in [1.54, 1.807) is 6.21 Å². The van der Waals surface area contributed by atoms with Crippen LogP contribution >= 0.6 is 28.1 Å². The normalized spacial score (nSPS) is 10.4. The standard InChI is InChI=1S/C9H10BrN3S/c10-5-7-3-1-2-4-8(7)6-12-13-9(11)14/h1-4,6H,5H2,(H3,11,13,14). The van der Waals surface area contributed by atoms with Crippen LogP contribution in [0.2, 0.25) is 0 Å². The molecule has 5 heteroatoms. The Labute approximate surface area is 96.5 Å². The second kappa shape index (κ2) is 5.72. The van der Waals surface area contributed by atoms with E-state index < -0.39 is 0 Å². The summed E-state index contributed by atoms with van der Waals surface area (Å²) in [7, 11) is 0. The topological polar surface area (TPSA) is 50.4 Å². The third kappa shape index (κ3) is 3.43. The van der Waals surface area contributed by atoms with Crippen molar-refractivity contribution in [3.8, 4) is 0 Å². The van der Waals surface area contributed by atoms with Gasteiger partial charge in [-0.25, -0.2) is 0 Å². The Morgan fingerprint density at radius 3 is 2.93 bits per heavy atom. The van der Waals surface area contributed by atoms with Crippen molar-refractivity contribution < 1.29 is 0 Å². The van der Waals surface area contributed by atoms with Gasteiger partial charge in [0.05, 0.1) is 6.21 Å². The molecule has 14 heavy (non-hydrogen) atoms. The monoisotopic (exact) mass is 271 g/mol. The van der Waals surface area contributed by atoms with E-state index in [4.69, 9.17) is 5.73 Å². The average Bonchev–Trinajstić information content (AvgIpc) is 2.18. The largest absolute Gasteiger partial charge is 0.375 e. The smallest absolute Gasteiger partial charge is 0.184 e. The van der Waals surface area contributed by atoms with E-state index >= 15 is 0 Å². The molecule has 0 bridgehead atoms. The van der Waals surface area contributed by atoms with Gasteiger partial charge in [-0.05, 0) is 23.3 Å². The molecule has 0 saturated heterocycles. The Morgan fingerprint density at radius 2 is 2.29 bits per heavy atom. The van der Waals surface area contributed by atoms with Crippen molar-refractivity contribution in [2.24, 2.45) is 10.8 Å². The van der Waals surface area contributed by atoms with Gasteiger partial charge >= 0.3 is 0 Å². The van der Waals surface area contributed by atoms with Crippen molar-refractivity contribution in [1.29, 1.82) is 0 Å². The van der Waals surface area contributed by atoms with Crippen LogP contribution < -0.4 is 11.2 Å². The van der Waals surface area contributed by atoms with E-state index in [1.165, 1.54) is 5.56 Å². The number of nitrogens with zero attached hydrogens (tertiary/aromatic N) is 1. The summed E-state index contributed by atoms with van der Waals surface area (Å²) >= 11 is 8.01. The molecule has 0 spiro atoms. The van der Waals surface area contributed by atoms with Crippen LogP contribution in [0.5, 0.6) is 0 Å². The molecule has 3 N–H and O–H groups in total. The zero-order chi connectivity index (χ0) is 10.4. The number of halogens is 1. The summed E-state index contributed by atoms with van der Waals surface area (Å²) in [6, 6.07) is 7.93. The fourth-order valence-electron chi connectivity index (χ4n) is 0.947. The van der Waals surface area contributed by atoms with Gasteiger partial charge in [-0.3, -0.25) is 5.43 Å². The summed E-state index contributed by atoms with van der Waals surface area (Å²) in [6.45, 7) is 0. The Morgan fingerprint density at radius 1 is 1.57 bits per heavy atom. The lowest BCUT2D eigenvalue weighted by atomic mass is 10.1. The highest BCUT2D eigenvalue weighted by Crippen LogP contribution is 2.09. The van der Waals surface area contributed by atoms with Crippen molar-refractivity contribution >= 4 is 39.5 Å². The van der Waals surface area contributed by atoms with Gasteiger partial charge in [0, 0.05) is 5.33 Å². The van der Waals surface area contributed by atoms with Gasteiger partial charge < -0.3 is 5.73 Å². The lowest BCUT2D eigenvalue weighted by Crippen LogP contribution is -2.24. The van der Waals surface area contributed by atoms with Gasteiger partial charge in [-0.1, -0.05) is 40.2 Å². The highest BCUT2D eigenvalue weighted by Gasteiger charge is 1.95. The average molecular weight is 272 g/mol. The molecule has 0 aliphatic heterocycles. The second-order valence-electron chi connectivity index (χ2n) is 2.57. The molecule has 0 saturated carbocycles. The van der Waals surface area contributed by atoms with Crippen LogP contribution in [-0.4, -0.2) is 11.3 Å². The highest BCUT2D eigenvalue weighted by atomic mass is 79.9. The number of hydrogen-bond acceptors (Lipinski definition) is 2. The molecule has 1 aromatic rings. The van der Waals surface area contributed by atoms with Gasteiger partial charge in [0.1, 0.15) is 0 Å². The minimum atomic E-state index is 0.164. The molecule has 0 radical (unpaired) electrons. The lowest BCUT2D eigenvalue weighted by Gasteiger charge is -2.00. The summed E-state index contributed by atoms with van der Waals surface area (Å²) in [5, 5.41) is 4.85. The summed E-state index contributed by atoms with van der Waals surface area (Å²) in [5.41, 5.74) is 9.94. The van der Waals surface area contributed by atoms with Crippen LogP contribution in [-0.2, 0) is 5.33 Å². The minimum absolute atomic E-state index is 0.164. The Hall–Kier alpha value is -0.940. The molecular formula is C9H10BrN3S. The summed E-state index contributed by atoms with van der Waals surface area (Å²) < 4.78 is 0. The van der Waals surface area contributed by atoms with E-state index in [-0.39, 0.29) is 5.11 Å². The zero-order valence-corrected chi connectivity index (χ0v) is 9.81. The fraction of sp³-hybridized carbons (Fsp3) is 0.111. The molecular weight excluding hydrogens is 262 g/mol. The number of benzene rings is 1. The van der Waals surface area contributed by atoms with Gasteiger partial charge in [0.2, 0.25) is 0 Å². The quantitative estimate of drug-likeness (QED) is 0.381. The van der Waals surface area contributed by atoms with E-state index in [0.717, 1.165) is 10.9 Å². The van der Waals surface area contributed by atoms with Crippen molar-refractivity contribution in [2.75, 3.05) is 0 Å². The number of nitrogens with one attached hydrogen (secondary N) is 1. The number of rotatable bonds is 3. The summed E-state index contributed by atoms with van der Waals surface area (Å²) in [6.07, 6.45) is 1.69. The van der Waals surface area contributed by atoms with E-state index in [9.17, 15) is 0 Å². The molecule has 0 aliphatic rings. The van der Waals surface area contributed by atoms with Gasteiger partial charge in [-0.2, -0.15) is 5.10 Å². The van der Waals surface area contributed by atoms with Crippen LogP contribution in [0.3, 0.4) is 0 Å². The van der Waals surface area contributed by atoms with Crippen molar-refractivity contribution in [3.63, 3.8) is 0 Å². The molecule has 0 aromatic heterocycles. The SMILES string of the molecule is NC(=S)NN=Cc1ccccc1CBr. The molecule has 3 nitrogen and oxygen atoms in total. The molecule has 74 valence electrons. The van der Waals surface area contributed by atoms with Crippen LogP contribution in [0.25, 0.3) is 0 Å². The third-order valence-electron chi connectivity index (χ3n) is 1.58. The maximum absolute atomic E-state index is 5.22. The first-order chi connectivity index (χ1) is 6.74. The molecule has 0 amide bonds. The van der Waals surface area contributed by atoms with E-state index in [2.05, 4.69) is 38.7 Å². The third-order valence-corrected chi connectivity index (χ3v) is 2.27. The Bertz CT molecular complexity index is 352. The van der Waals surface area contributed by atoms with Crippen LogP contribution in [0.15, 0.2) is 29.4 Å². The maximum Gasteiger partial charge on any atom is 0.184 e. The van der Waals surface area contributed by atoms with Crippen molar-refractivity contribution in [3.05, 3.63) is 35.4 Å². The van der Waals surface area contributed by atoms with Gasteiger partial charge in [-0.15, -0.1) is 0 Å². The number of nitrogens with two attached hydrogens (primary N) is 1. The first kappa shape index (κ1) is 11.1. The molecule has 0 fully saturated rings. The van der Waals surface area contributed by atoms with Gasteiger partial charge in [0.15, 0.2) is 5.11 Å². The molecule has 1 rings (SSSR count). The Balaban J connectivity index is 2.75. The van der Waals surface area contributed by atoms with Crippen LogP contribution in [0.1, 0.15) is 11.1 Å². The van der Waals surface area contributed by atoms with Crippen LogP contribution in [0.4, 0.5) is 0 Å². The number of hydrogen-bond donors (Lipinski definition) is 2. The zero-order valence-electron chi connectivity index (χ0n) is 7.40. The molecule has 0 aliphatic carbocycles. The van der Waals surface area contributed by atoms with Crippen molar-refractivity contribution in [2.45, 2.75) is 5.33 Å². The maximum atomic E-state index is 5.22. The first-order valence-corrected chi connectivity index (χ1v) is 5.49. The van der Waals surface area contributed by atoms with Gasteiger partial charge in [0.25, 0.3) is 0 Å². The summed E-state index contributed by atoms with van der Waals surface area (Å²) in [5.74, 6) is 0. The molecule has 0 atom stereocenters. The van der Waals surface area contributed by atoms with Crippen molar-refractivity contribution in [1.82, 2.24) is 5.43 Å². The first-order valence-electron chi connectivity index (χ1n) is 3.96. The van der Waals surface area contributed by atoms with E-state index in [1.807, 2.05) is 24.3 Å². The number of hydrazone groups is 1. The minimum Gasteiger partial charge on any atom is -0.375 e. The lowest BCUT2D eigenvalue weighted by molar-refractivity contribution is 1.04. The predicted octanol–water partition coefficient (Wildman–Crippen LogP) is 1.75. The second-order valence-corrected chi connectivity index (χ2v) is 3.57. The van der Waals surface area contributed by atoms with Crippen LogP contribution in [0, 0.1) is 0 Å². The number of thiocarbonyl (C=S) groups is 1. The number of alkyl halides is 1. The molecule has 0 heterocycles. The Kier molecular flexibility index (Phi) is 4.55. The summed E-state index contributed by atoms with van der Waals surface area (Å²) in [4.78, 5) is 0. The highest BCUT2D eigenvalue weighted by molar-refractivity contribution is 9.08. The van der Waals surface area contributed by atoms with E-state index in [0.29, 0.717) is 0 Å². The fourth-order valence-corrected chi connectivity index (χ4v) is 1.51. The molecule has 1 aromatic carbocycles.